The maximum atomic E-state index is 12.4. The van der Waals surface area contributed by atoms with Crippen LogP contribution in [-0.4, -0.2) is 15.7 Å². The highest BCUT2D eigenvalue weighted by Crippen LogP contribution is 2.26. The molecule has 0 aliphatic rings. The van der Waals surface area contributed by atoms with Crippen LogP contribution in [-0.2, 0) is 6.42 Å². The molecule has 1 aromatic heterocycles. The Labute approximate surface area is 179 Å². The van der Waals surface area contributed by atoms with E-state index in [1.54, 1.807) is 13.0 Å². The average Bonchev–Trinajstić information content (AvgIpc) is 2.75. The molecule has 0 radical (unpaired) electrons. The number of hydrogen-bond donors (Lipinski definition) is 2. The first-order valence-corrected chi connectivity index (χ1v) is 10.2. The highest BCUT2D eigenvalue weighted by Gasteiger charge is 2.12. The molecule has 2 aromatic carbocycles. The molecule has 0 atom stereocenters. The van der Waals surface area contributed by atoms with Gasteiger partial charge in [-0.1, -0.05) is 26.2 Å². The summed E-state index contributed by atoms with van der Waals surface area (Å²) in [4.78, 5) is 22.7. The molecule has 1 heterocycles. The number of benzene rings is 2. The second-order valence-electron chi connectivity index (χ2n) is 7.39. The van der Waals surface area contributed by atoms with Gasteiger partial charge in [0.15, 0.2) is 0 Å². The lowest BCUT2D eigenvalue weighted by molar-refractivity contribution is -0.384. The SMILES string of the molecule is CCCCCCc1cc2cc(/C(C)=N\Nc3ccc([N+](=O)[O-])cc3)c(=O)oc2cc1O. The number of phenols is 1. The van der Waals surface area contributed by atoms with E-state index in [0.29, 0.717) is 27.9 Å². The van der Waals surface area contributed by atoms with Crippen LogP contribution in [0.5, 0.6) is 5.75 Å². The Morgan fingerprint density at radius 1 is 1.16 bits per heavy atom. The number of aryl methyl sites for hydroxylation is 1. The van der Waals surface area contributed by atoms with Crippen molar-refractivity contribution >= 4 is 28.1 Å². The van der Waals surface area contributed by atoms with Gasteiger partial charge in [-0.25, -0.2) is 4.79 Å². The zero-order chi connectivity index (χ0) is 22.4. The van der Waals surface area contributed by atoms with Crippen molar-refractivity contribution in [2.75, 3.05) is 5.43 Å². The van der Waals surface area contributed by atoms with Gasteiger partial charge in [-0.15, -0.1) is 0 Å². The van der Waals surface area contributed by atoms with Crippen LogP contribution in [0.3, 0.4) is 0 Å². The first kappa shape index (κ1) is 22.0. The monoisotopic (exact) mass is 423 g/mol. The number of aromatic hydroxyl groups is 1. The van der Waals surface area contributed by atoms with Crippen molar-refractivity contribution in [2.24, 2.45) is 5.10 Å². The Morgan fingerprint density at radius 3 is 2.58 bits per heavy atom. The number of nitro groups is 1. The summed E-state index contributed by atoms with van der Waals surface area (Å²) in [6, 6.07) is 10.8. The number of hydrazone groups is 1. The fourth-order valence-electron chi connectivity index (χ4n) is 3.26. The van der Waals surface area contributed by atoms with Crippen molar-refractivity contribution in [3.63, 3.8) is 0 Å². The summed E-state index contributed by atoms with van der Waals surface area (Å²) in [5.41, 5.74) is 4.61. The summed E-state index contributed by atoms with van der Waals surface area (Å²) in [5.74, 6) is 0.130. The van der Waals surface area contributed by atoms with Crippen molar-refractivity contribution in [3.05, 3.63) is 74.1 Å². The molecule has 3 rings (SSSR count). The normalized spacial score (nSPS) is 11.6. The molecule has 8 nitrogen and oxygen atoms in total. The fourth-order valence-corrected chi connectivity index (χ4v) is 3.26. The summed E-state index contributed by atoms with van der Waals surface area (Å²) in [6.45, 7) is 3.82. The Balaban J connectivity index is 1.83. The number of nitrogens with zero attached hydrogens (tertiary/aromatic N) is 2. The van der Waals surface area contributed by atoms with Gasteiger partial charge in [0.05, 0.1) is 21.9 Å². The van der Waals surface area contributed by atoms with Crippen LogP contribution in [0.1, 0.15) is 50.7 Å². The minimum atomic E-state index is -0.561. The van der Waals surface area contributed by atoms with E-state index in [1.807, 2.05) is 6.07 Å². The molecule has 0 fully saturated rings. The van der Waals surface area contributed by atoms with Crippen LogP contribution >= 0.6 is 0 Å². The van der Waals surface area contributed by atoms with Gasteiger partial charge in [0.25, 0.3) is 5.69 Å². The molecule has 0 unspecified atom stereocenters. The van der Waals surface area contributed by atoms with Gasteiger partial charge in [0.2, 0.25) is 0 Å². The van der Waals surface area contributed by atoms with E-state index in [2.05, 4.69) is 17.5 Å². The first-order valence-electron chi connectivity index (χ1n) is 10.2. The van der Waals surface area contributed by atoms with Crippen LogP contribution in [0.4, 0.5) is 11.4 Å². The lowest BCUT2D eigenvalue weighted by Crippen LogP contribution is -2.13. The van der Waals surface area contributed by atoms with Crippen molar-refractivity contribution in [2.45, 2.75) is 46.0 Å². The maximum Gasteiger partial charge on any atom is 0.345 e. The molecule has 0 bridgehead atoms. The molecule has 0 saturated carbocycles. The topological polar surface area (TPSA) is 118 Å². The largest absolute Gasteiger partial charge is 0.508 e. The van der Waals surface area contributed by atoms with Crippen LogP contribution in [0.25, 0.3) is 11.0 Å². The van der Waals surface area contributed by atoms with Crippen molar-refractivity contribution in [1.82, 2.24) is 0 Å². The highest BCUT2D eigenvalue weighted by atomic mass is 16.6. The van der Waals surface area contributed by atoms with Crippen LogP contribution in [0.2, 0.25) is 0 Å². The molecule has 0 saturated heterocycles. The zero-order valence-corrected chi connectivity index (χ0v) is 17.6. The molecule has 0 spiro atoms. The number of phenolic OH excluding ortho intramolecular Hbond substituents is 1. The van der Waals surface area contributed by atoms with E-state index in [1.165, 1.54) is 30.3 Å². The zero-order valence-electron chi connectivity index (χ0n) is 17.6. The van der Waals surface area contributed by atoms with Gasteiger partial charge in [-0.05, 0) is 49.6 Å². The molecule has 8 heteroatoms. The molecule has 31 heavy (non-hydrogen) atoms. The van der Waals surface area contributed by atoms with E-state index in [9.17, 15) is 20.0 Å². The third-order valence-electron chi connectivity index (χ3n) is 5.05. The third kappa shape index (κ3) is 5.48. The molecule has 0 aliphatic heterocycles. The molecule has 162 valence electrons. The van der Waals surface area contributed by atoms with Gasteiger partial charge in [0.1, 0.15) is 11.3 Å². The van der Waals surface area contributed by atoms with E-state index in [4.69, 9.17) is 4.42 Å². The Hall–Kier alpha value is -3.68. The number of anilines is 1. The van der Waals surface area contributed by atoms with Gasteiger partial charge in [0, 0.05) is 23.6 Å². The van der Waals surface area contributed by atoms with Gasteiger partial charge < -0.3 is 9.52 Å². The predicted molar refractivity (Wildman–Crippen MR) is 121 cm³/mol. The first-order chi connectivity index (χ1) is 14.9. The highest BCUT2D eigenvalue weighted by molar-refractivity contribution is 6.01. The standard InChI is InChI=1S/C23H25N3O5/c1-3-4-5-6-7-16-12-17-13-20(23(28)31-22(17)14-21(16)27)15(2)24-25-18-8-10-19(11-9-18)26(29)30/h8-14,25,27H,3-7H2,1-2H3/b24-15-. The quantitative estimate of drug-likeness (QED) is 0.157. The number of hydrogen-bond acceptors (Lipinski definition) is 7. The van der Waals surface area contributed by atoms with E-state index < -0.39 is 10.5 Å². The molecular formula is C23H25N3O5. The fraction of sp³-hybridized carbons (Fsp3) is 0.304. The average molecular weight is 423 g/mol. The lowest BCUT2D eigenvalue weighted by atomic mass is 10.0. The summed E-state index contributed by atoms with van der Waals surface area (Å²) in [7, 11) is 0. The smallest absolute Gasteiger partial charge is 0.345 e. The van der Waals surface area contributed by atoms with Gasteiger partial charge in [-0.2, -0.15) is 5.10 Å². The van der Waals surface area contributed by atoms with Gasteiger partial charge in [-0.3, -0.25) is 15.5 Å². The minimum Gasteiger partial charge on any atom is -0.508 e. The van der Waals surface area contributed by atoms with Gasteiger partial charge >= 0.3 is 5.63 Å². The van der Waals surface area contributed by atoms with E-state index in [0.717, 1.165) is 37.7 Å². The number of unbranched alkanes of at least 4 members (excludes halogenated alkanes) is 3. The molecule has 0 amide bonds. The number of nitrogens with one attached hydrogen (secondary N) is 1. The van der Waals surface area contributed by atoms with E-state index >= 15 is 0 Å². The van der Waals surface area contributed by atoms with E-state index in [-0.39, 0.29) is 11.4 Å². The summed E-state index contributed by atoms with van der Waals surface area (Å²) in [6.07, 6.45) is 5.14. The Kier molecular flexibility index (Phi) is 7.02. The summed E-state index contributed by atoms with van der Waals surface area (Å²) in [5, 5.41) is 25.9. The molecule has 0 aliphatic carbocycles. The minimum absolute atomic E-state index is 0.0184. The van der Waals surface area contributed by atoms with Crippen molar-refractivity contribution in [1.29, 1.82) is 0 Å². The maximum absolute atomic E-state index is 12.4. The predicted octanol–water partition coefficient (Wildman–Crippen LogP) is 5.37. The lowest BCUT2D eigenvalue weighted by Gasteiger charge is -2.08. The van der Waals surface area contributed by atoms with Crippen LogP contribution in [0.15, 0.2) is 56.8 Å². The summed E-state index contributed by atoms with van der Waals surface area (Å²) < 4.78 is 5.39. The molecular weight excluding hydrogens is 398 g/mol. The summed E-state index contributed by atoms with van der Waals surface area (Å²) >= 11 is 0. The molecule has 2 N–H and O–H groups in total. The third-order valence-corrected chi connectivity index (χ3v) is 5.05. The number of non-ortho nitro benzene ring substituents is 1. The van der Waals surface area contributed by atoms with Crippen molar-refractivity contribution in [3.8, 4) is 5.75 Å². The van der Waals surface area contributed by atoms with Crippen LogP contribution < -0.4 is 11.1 Å². The van der Waals surface area contributed by atoms with Crippen LogP contribution in [0, 0.1) is 10.1 Å². The Bertz CT molecular complexity index is 1170. The number of rotatable bonds is 9. The van der Waals surface area contributed by atoms with Crippen molar-refractivity contribution < 1.29 is 14.4 Å². The number of fused-ring (bicyclic) bond motifs is 1. The molecule has 3 aromatic rings. The second-order valence-corrected chi connectivity index (χ2v) is 7.39. The second kappa shape index (κ2) is 9.88. The Morgan fingerprint density at radius 2 is 1.90 bits per heavy atom. The number of nitro benzene ring substituents is 1.